The molecule has 0 aliphatic rings. The Morgan fingerprint density at radius 2 is 0.370 bits per heavy atom. The Morgan fingerprint density at radius 3 is 0.550 bits per heavy atom. The van der Waals surface area contributed by atoms with Crippen LogP contribution in [0.2, 0.25) is 0 Å². The van der Waals surface area contributed by atoms with Gasteiger partial charge in [0.2, 0.25) is 0 Å². The van der Waals surface area contributed by atoms with Crippen molar-refractivity contribution in [2.75, 3.05) is 26.4 Å². The molecule has 0 fully saturated rings. The number of benzene rings is 9. The second-order valence-corrected chi connectivity index (χ2v) is 29.2. The van der Waals surface area contributed by atoms with Gasteiger partial charge in [-0.05, 0) is 185 Å². The summed E-state index contributed by atoms with van der Waals surface area (Å²) in [5.41, 5.74) is 6.95. The number of hydrogen-bond donors (Lipinski definition) is 0. The van der Waals surface area contributed by atoms with Crippen LogP contribution in [0.25, 0.3) is 54.2 Å². The third-order valence-electron chi connectivity index (χ3n) is 21.0. The molecule has 0 aliphatic carbocycles. The molecule has 0 aliphatic heterocycles. The fourth-order valence-corrected chi connectivity index (χ4v) is 15.0. The largest absolute Gasteiger partial charge is 0.494 e. The molecule has 9 aromatic rings. The van der Waals surface area contributed by atoms with Crippen molar-refractivity contribution in [3.63, 3.8) is 0 Å². The van der Waals surface area contributed by atoms with E-state index < -0.39 is 0 Å². The number of ether oxygens (including phenoxy) is 4. The molecule has 0 saturated heterocycles. The van der Waals surface area contributed by atoms with E-state index in [4.69, 9.17) is 18.9 Å². The maximum Gasteiger partial charge on any atom is 0.119 e. The van der Waals surface area contributed by atoms with E-state index in [9.17, 15) is 0 Å². The van der Waals surface area contributed by atoms with Gasteiger partial charge in [0, 0.05) is 0 Å². The highest BCUT2D eigenvalue weighted by Crippen LogP contribution is 2.34. The summed E-state index contributed by atoms with van der Waals surface area (Å²) in [6.07, 6.45) is 52.2. The summed E-state index contributed by atoms with van der Waals surface area (Å²) >= 11 is 0. The first-order valence-corrected chi connectivity index (χ1v) is 41.0. The highest BCUT2D eigenvalue weighted by atomic mass is 16.5. The first-order chi connectivity index (χ1) is 49.6. The summed E-state index contributed by atoms with van der Waals surface area (Å²) in [4.78, 5) is 0. The maximum atomic E-state index is 6.57. The SMILES string of the molecule is CCCCCCCCCCCCOc1ccc(C(c2ccc(OCCCCCCCCCCCC)cc2)=c2c3cc4ccccc4cc3c(=C(c3ccc(OCCCCCCCCCCCC)cc3)c3ccc(OCCCCCCCCCCCC)cc3)c3cc4ccccc4cc23)cc1. The predicted octanol–water partition coefficient (Wildman–Crippen LogP) is 28.0. The predicted molar refractivity (Wildman–Crippen MR) is 434 cm³/mol. The molecule has 0 spiro atoms. The van der Waals surface area contributed by atoms with Gasteiger partial charge in [0.25, 0.3) is 0 Å². The number of hydrogen-bond acceptors (Lipinski definition) is 4. The highest BCUT2D eigenvalue weighted by Gasteiger charge is 2.20. The third-order valence-corrected chi connectivity index (χ3v) is 21.0. The van der Waals surface area contributed by atoms with E-state index in [-0.39, 0.29) is 0 Å². The van der Waals surface area contributed by atoms with E-state index in [0.29, 0.717) is 0 Å². The Bertz CT molecular complexity index is 3340. The van der Waals surface area contributed by atoms with Gasteiger partial charge in [-0.3, -0.25) is 0 Å². The lowest BCUT2D eigenvalue weighted by molar-refractivity contribution is 0.304. The molecule has 9 rings (SSSR count). The van der Waals surface area contributed by atoms with Crippen molar-refractivity contribution in [3.05, 3.63) is 203 Å². The van der Waals surface area contributed by atoms with E-state index in [1.807, 2.05) is 0 Å². The van der Waals surface area contributed by atoms with E-state index >= 15 is 0 Å². The van der Waals surface area contributed by atoms with Crippen LogP contribution >= 0.6 is 0 Å². The molecule has 100 heavy (non-hydrogen) atoms. The van der Waals surface area contributed by atoms with Crippen LogP contribution in [0.5, 0.6) is 23.0 Å². The van der Waals surface area contributed by atoms with Crippen molar-refractivity contribution in [1.29, 1.82) is 0 Å². The quantitative estimate of drug-likeness (QED) is 0.0281. The molecule has 0 bridgehead atoms. The summed E-state index contributed by atoms with van der Waals surface area (Å²) in [6, 6.07) is 64.0. The molecule has 4 heteroatoms. The molecule has 0 aromatic heterocycles. The number of rotatable bonds is 52. The van der Waals surface area contributed by atoms with E-state index in [2.05, 4.69) is 198 Å². The number of unbranched alkanes of at least 4 members (excludes halogenated alkanes) is 36. The Hall–Kier alpha value is -7.04. The zero-order chi connectivity index (χ0) is 69.3. The van der Waals surface area contributed by atoms with Crippen molar-refractivity contribution in [1.82, 2.24) is 0 Å². The van der Waals surface area contributed by atoms with Crippen LogP contribution in [0.4, 0.5) is 0 Å². The Kier molecular flexibility index (Phi) is 35.3. The monoisotopic (exact) mass is 1340 g/mol. The zero-order valence-corrected chi connectivity index (χ0v) is 62.9. The molecule has 4 nitrogen and oxygen atoms in total. The van der Waals surface area contributed by atoms with E-state index in [1.165, 1.54) is 296 Å². The van der Waals surface area contributed by atoms with Crippen molar-refractivity contribution in [2.45, 2.75) is 285 Å². The molecule has 0 amide bonds. The van der Waals surface area contributed by atoms with Crippen LogP contribution in [-0.4, -0.2) is 26.4 Å². The van der Waals surface area contributed by atoms with Crippen molar-refractivity contribution in [2.24, 2.45) is 0 Å². The molecule has 0 saturated carbocycles. The Balaban J connectivity index is 1.12. The molecule has 0 heterocycles. The second-order valence-electron chi connectivity index (χ2n) is 29.2. The Morgan fingerprint density at radius 1 is 0.200 bits per heavy atom. The first kappa shape index (κ1) is 77.1. The molecule has 0 unspecified atom stereocenters. The average Bonchev–Trinajstić information content (AvgIpc) is 0.713. The molecule has 0 radical (unpaired) electrons. The topological polar surface area (TPSA) is 36.9 Å². The lowest BCUT2D eigenvalue weighted by Gasteiger charge is -2.19. The smallest absolute Gasteiger partial charge is 0.119 e. The van der Waals surface area contributed by atoms with Crippen molar-refractivity contribution < 1.29 is 18.9 Å². The van der Waals surface area contributed by atoms with Crippen molar-refractivity contribution >= 4 is 54.2 Å². The van der Waals surface area contributed by atoms with Crippen molar-refractivity contribution in [3.8, 4) is 23.0 Å². The maximum absolute atomic E-state index is 6.57. The molecule has 0 N–H and O–H groups in total. The highest BCUT2D eigenvalue weighted by molar-refractivity contribution is 6.13. The van der Waals surface area contributed by atoms with Gasteiger partial charge in [-0.15, -0.1) is 0 Å². The summed E-state index contributed by atoms with van der Waals surface area (Å²) in [7, 11) is 0. The first-order valence-electron chi connectivity index (χ1n) is 41.0. The minimum atomic E-state index is 0.729. The summed E-state index contributed by atoms with van der Waals surface area (Å²) in [6.45, 7) is 12.1. The van der Waals surface area contributed by atoms with Crippen LogP contribution in [0.3, 0.4) is 0 Å². The molecule has 536 valence electrons. The molecular formula is C96H128O4. The Labute approximate surface area is 606 Å². The molecular weight excluding hydrogens is 1220 g/mol. The molecule has 0 atom stereocenters. The average molecular weight is 1350 g/mol. The fourth-order valence-electron chi connectivity index (χ4n) is 15.0. The van der Waals surface area contributed by atoms with Gasteiger partial charge >= 0.3 is 0 Å². The second kappa shape index (κ2) is 45.7. The van der Waals surface area contributed by atoms with Crippen LogP contribution in [-0.2, 0) is 0 Å². The van der Waals surface area contributed by atoms with Crippen LogP contribution in [0.1, 0.15) is 307 Å². The van der Waals surface area contributed by atoms with Gasteiger partial charge in [-0.25, -0.2) is 0 Å². The molecule has 9 aromatic carbocycles. The summed E-state index contributed by atoms with van der Waals surface area (Å²) in [5, 5.41) is 12.1. The lowest BCUT2D eigenvalue weighted by Crippen LogP contribution is -2.21. The van der Waals surface area contributed by atoms with Gasteiger partial charge in [-0.2, -0.15) is 0 Å². The lowest BCUT2D eigenvalue weighted by atomic mass is 9.84. The third kappa shape index (κ3) is 25.2. The minimum Gasteiger partial charge on any atom is -0.494 e. The summed E-state index contributed by atoms with van der Waals surface area (Å²) < 4.78 is 26.3. The van der Waals surface area contributed by atoms with Crippen LogP contribution in [0, 0.1) is 0 Å². The summed E-state index contributed by atoms with van der Waals surface area (Å²) in [5.74, 6) is 3.67. The van der Waals surface area contributed by atoms with Crippen LogP contribution in [0.15, 0.2) is 170 Å². The minimum absolute atomic E-state index is 0.729. The van der Waals surface area contributed by atoms with Gasteiger partial charge < -0.3 is 18.9 Å². The zero-order valence-electron chi connectivity index (χ0n) is 62.9. The normalized spacial score (nSPS) is 11.6. The van der Waals surface area contributed by atoms with Gasteiger partial charge in [0.1, 0.15) is 23.0 Å². The number of fused-ring (bicyclic) bond motifs is 4. The van der Waals surface area contributed by atoms with Gasteiger partial charge in [0.05, 0.1) is 26.4 Å². The van der Waals surface area contributed by atoms with E-state index in [0.717, 1.165) is 97.4 Å². The fraction of sp³-hybridized carbons (Fsp3) is 0.500. The van der Waals surface area contributed by atoms with Gasteiger partial charge in [0.15, 0.2) is 0 Å². The van der Waals surface area contributed by atoms with E-state index in [1.54, 1.807) is 0 Å². The van der Waals surface area contributed by atoms with Gasteiger partial charge in [-0.1, -0.05) is 356 Å². The van der Waals surface area contributed by atoms with Crippen LogP contribution < -0.4 is 29.4 Å². The standard InChI is InChI=1S/C96H128O4/c1-5-9-13-17-21-25-29-33-37-45-69-97-85-61-53-77(54-62-85)93(78-55-63-86(64-56-78)98-70-46-38-34-30-26-22-18-14-10-6-2)95-89-73-81-49-41-43-51-83(81)75-91(89)96(92-76-84-52-44-42-50-82(84)74-90(92)95)94(79-57-65-87(66-58-79)99-71-47-39-35-31-27-23-19-15-11-7-3)80-59-67-88(68-60-80)100-72-48-40-36-32-28-24-20-16-12-8-4/h41-44,49-68,73-76H,5-40,45-48,69-72H2,1-4H3.